The lowest BCUT2D eigenvalue weighted by Gasteiger charge is -2.34. The molecule has 2 aliphatic heterocycles. The second-order valence-corrected chi connectivity index (χ2v) is 7.11. The third kappa shape index (κ3) is 2.91. The van der Waals surface area contributed by atoms with Crippen LogP contribution in [0.4, 0.5) is 0 Å². The zero-order valence-corrected chi connectivity index (χ0v) is 15.3. The number of para-hydroxylation sites is 1. The van der Waals surface area contributed by atoms with Gasteiger partial charge in [0.25, 0.3) is 5.91 Å². The number of nitrogens with one attached hydrogen (secondary N) is 1. The fourth-order valence-corrected chi connectivity index (χ4v) is 3.74. The van der Waals surface area contributed by atoms with E-state index in [0.717, 1.165) is 16.1 Å². The molecule has 0 saturated heterocycles. The molecule has 0 bridgehead atoms. The Hall–Kier alpha value is -2.57. The highest BCUT2D eigenvalue weighted by Gasteiger charge is 2.34. The fourth-order valence-electron chi connectivity index (χ4n) is 2.92. The van der Waals surface area contributed by atoms with Crippen molar-refractivity contribution in [3.63, 3.8) is 0 Å². The van der Waals surface area contributed by atoms with Gasteiger partial charge in [-0.2, -0.15) is 0 Å². The van der Waals surface area contributed by atoms with E-state index < -0.39 is 6.17 Å². The molecule has 0 saturated carbocycles. The molecule has 130 valence electrons. The van der Waals surface area contributed by atoms with E-state index in [0.29, 0.717) is 21.6 Å². The second kappa shape index (κ2) is 6.97. The highest BCUT2D eigenvalue weighted by molar-refractivity contribution is 8.14. The van der Waals surface area contributed by atoms with Gasteiger partial charge in [-0.1, -0.05) is 65.8 Å². The summed E-state index contributed by atoms with van der Waals surface area (Å²) in [6.07, 6.45) is 1.26. The number of fused-ring (bicyclic) bond motifs is 2. The quantitative estimate of drug-likeness (QED) is 0.829. The van der Waals surface area contributed by atoms with Crippen LogP contribution in [0.1, 0.15) is 11.7 Å². The summed E-state index contributed by atoms with van der Waals surface area (Å²) in [5, 5.41) is 11.7. The number of nitrogens with zero attached hydrogens (tertiary/aromatic N) is 3. The normalized spacial score (nSPS) is 18.3. The van der Waals surface area contributed by atoms with Gasteiger partial charge in [-0.25, -0.2) is 5.01 Å². The summed E-state index contributed by atoms with van der Waals surface area (Å²) in [5.41, 5.74) is 1.27. The summed E-state index contributed by atoms with van der Waals surface area (Å²) in [7, 11) is 0. The standard InChI is InChI=1S/C19H15ClN4OS/c1-2-11-26-19-22-18(25)16-13-8-4-6-10-15(13)21-17(24(16)23-19)12-7-3-5-9-14(12)20/h2-10,17H,1,11H2,(H,22,23,25)/t17-/m0/s1. The zero-order valence-electron chi connectivity index (χ0n) is 13.7. The molecule has 5 nitrogen and oxygen atoms in total. The van der Waals surface area contributed by atoms with Crippen molar-refractivity contribution in [2.45, 2.75) is 6.17 Å². The molecule has 0 spiro atoms. The van der Waals surface area contributed by atoms with Crippen molar-refractivity contribution in [1.82, 2.24) is 10.3 Å². The van der Waals surface area contributed by atoms with Crippen LogP contribution in [-0.2, 0) is 4.79 Å². The summed E-state index contributed by atoms with van der Waals surface area (Å²) >= 11 is 7.82. The lowest BCUT2D eigenvalue weighted by Crippen LogP contribution is -2.50. The first-order chi connectivity index (χ1) is 12.7. The van der Waals surface area contributed by atoms with Gasteiger partial charge in [0.2, 0.25) is 0 Å². The summed E-state index contributed by atoms with van der Waals surface area (Å²) in [6.45, 7) is 3.71. The maximum absolute atomic E-state index is 12.8. The molecule has 2 aromatic carbocycles. The first-order valence-corrected chi connectivity index (χ1v) is 9.40. The summed E-state index contributed by atoms with van der Waals surface area (Å²) in [6, 6.07) is 15.0. The van der Waals surface area contributed by atoms with Crippen LogP contribution < -0.4 is 15.9 Å². The molecule has 2 heterocycles. The van der Waals surface area contributed by atoms with Gasteiger partial charge in [-0.3, -0.25) is 15.1 Å². The minimum atomic E-state index is -0.501. The van der Waals surface area contributed by atoms with Crippen molar-refractivity contribution in [2.24, 2.45) is 10.1 Å². The third-order valence-corrected chi connectivity index (χ3v) is 5.24. The highest BCUT2D eigenvalue weighted by Crippen LogP contribution is 2.34. The van der Waals surface area contributed by atoms with Crippen LogP contribution in [0.2, 0.25) is 5.02 Å². The van der Waals surface area contributed by atoms with Gasteiger partial charge in [-0.15, -0.1) is 11.7 Å². The maximum atomic E-state index is 12.8. The van der Waals surface area contributed by atoms with Crippen LogP contribution in [0.25, 0.3) is 5.70 Å². The van der Waals surface area contributed by atoms with E-state index in [1.54, 1.807) is 11.1 Å². The number of hydrazone groups is 1. The number of amidine groups is 1. The molecule has 4 rings (SSSR count). The number of benzene rings is 2. The van der Waals surface area contributed by atoms with Crippen LogP contribution in [0.15, 0.2) is 71.3 Å². The second-order valence-electron chi connectivity index (χ2n) is 5.69. The molecule has 0 radical (unpaired) electrons. The Bertz CT molecular complexity index is 1050. The van der Waals surface area contributed by atoms with Crippen molar-refractivity contribution >= 4 is 40.1 Å². The molecule has 1 N–H and O–H groups in total. The average molecular weight is 383 g/mol. The Balaban J connectivity index is 1.93. The van der Waals surface area contributed by atoms with Crippen molar-refractivity contribution < 1.29 is 4.79 Å². The van der Waals surface area contributed by atoms with Gasteiger partial charge in [-0.05, 0) is 12.1 Å². The Labute approximate surface area is 159 Å². The predicted octanol–water partition coefficient (Wildman–Crippen LogP) is 2.40. The molecule has 0 aliphatic carbocycles. The minimum Gasteiger partial charge on any atom is -0.298 e. The average Bonchev–Trinajstić information content (AvgIpc) is 2.66. The SMILES string of the molecule is C=CCSC1=NN2C(=c3ccccc3=N[C@@H]2c2ccccc2Cl)C(=O)N1. The molecule has 0 unspecified atom stereocenters. The first kappa shape index (κ1) is 16.9. The van der Waals surface area contributed by atoms with Crippen molar-refractivity contribution in [2.75, 3.05) is 5.75 Å². The van der Waals surface area contributed by atoms with E-state index in [1.165, 1.54) is 11.8 Å². The predicted molar refractivity (Wildman–Crippen MR) is 105 cm³/mol. The van der Waals surface area contributed by atoms with Crippen LogP contribution in [0.3, 0.4) is 0 Å². The van der Waals surface area contributed by atoms with Gasteiger partial charge in [0.05, 0.1) is 5.36 Å². The summed E-state index contributed by atoms with van der Waals surface area (Å²) in [5.74, 6) is 0.443. The number of rotatable bonds is 3. The Morgan fingerprint density at radius 1 is 1.23 bits per heavy atom. The molecular weight excluding hydrogens is 368 g/mol. The van der Waals surface area contributed by atoms with Crippen LogP contribution in [0, 0.1) is 0 Å². The number of amides is 1. The zero-order chi connectivity index (χ0) is 18.1. The molecule has 26 heavy (non-hydrogen) atoms. The molecule has 7 heteroatoms. The van der Waals surface area contributed by atoms with E-state index >= 15 is 0 Å². The Morgan fingerprint density at radius 3 is 2.81 bits per heavy atom. The lowest BCUT2D eigenvalue weighted by atomic mass is 10.1. The molecule has 2 aliphatic rings. The fraction of sp³-hybridized carbons (Fsp3) is 0.105. The van der Waals surface area contributed by atoms with Crippen LogP contribution in [0.5, 0.6) is 0 Å². The molecular formula is C19H15ClN4OS. The molecule has 1 amide bonds. The van der Waals surface area contributed by atoms with Gasteiger partial charge >= 0.3 is 0 Å². The maximum Gasteiger partial charge on any atom is 0.276 e. The van der Waals surface area contributed by atoms with E-state index in [4.69, 9.17) is 16.6 Å². The monoisotopic (exact) mass is 382 g/mol. The number of thioether (sulfide) groups is 1. The van der Waals surface area contributed by atoms with E-state index in [2.05, 4.69) is 17.0 Å². The van der Waals surface area contributed by atoms with E-state index in [1.807, 2.05) is 48.5 Å². The van der Waals surface area contributed by atoms with Crippen molar-refractivity contribution in [1.29, 1.82) is 0 Å². The van der Waals surface area contributed by atoms with Gasteiger partial charge < -0.3 is 0 Å². The number of carbonyl (C=O) groups excluding carboxylic acids is 1. The highest BCUT2D eigenvalue weighted by atomic mass is 35.5. The van der Waals surface area contributed by atoms with Crippen molar-refractivity contribution in [3.05, 3.63) is 82.3 Å². The minimum absolute atomic E-state index is 0.203. The molecule has 0 aromatic heterocycles. The third-order valence-electron chi connectivity index (χ3n) is 4.04. The smallest absolute Gasteiger partial charge is 0.276 e. The number of hydrogen-bond acceptors (Lipinski definition) is 5. The van der Waals surface area contributed by atoms with E-state index in [9.17, 15) is 4.79 Å². The topological polar surface area (TPSA) is 57.1 Å². The van der Waals surface area contributed by atoms with Gasteiger partial charge in [0.1, 0.15) is 5.70 Å². The summed E-state index contributed by atoms with van der Waals surface area (Å²) in [4.78, 5) is 17.7. The number of hydrogen-bond donors (Lipinski definition) is 1. The van der Waals surface area contributed by atoms with Gasteiger partial charge in [0, 0.05) is 21.6 Å². The number of halogens is 1. The summed E-state index contributed by atoms with van der Waals surface area (Å²) < 4.78 is 0. The molecule has 1 atom stereocenters. The van der Waals surface area contributed by atoms with Gasteiger partial charge in [0.15, 0.2) is 11.3 Å². The van der Waals surface area contributed by atoms with Crippen molar-refractivity contribution in [3.8, 4) is 0 Å². The largest absolute Gasteiger partial charge is 0.298 e. The van der Waals surface area contributed by atoms with Crippen LogP contribution >= 0.6 is 23.4 Å². The first-order valence-electron chi connectivity index (χ1n) is 8.03. The Morgan fingerprint density at radius 2 is 2.00 bits per heavy atom. The lowest BCUT2D eigenvalue weighted by molar-refractivity contribution is -0.116. The molecule has 2 aromatic rings. The Kier molecular flexibility index (Phi) is 4.53. The van der Waals surface area contributed by atoms with E-state index in [-0.39, 0.29) is 5.91 Å². The molecule has 0 fully saturated rings. The van der Waals surface area contributed by atoms with Crippen LogP contribution in [-0.4, -0.2) is 21.8 Å². The number of carbonyl (C=O) groups is 1.